The minimum absolute atomic E-state index is 0.0908. The Morgan fingerprint density at radius 2 is 1.71 bits per heavy atom. The topological polar surface area (TPSA) is 138 Å². The van der Waals surface area contributed by atoms with E-state index in [1.54, 1.807) is 19.1 Å². The monoisotopic (exact) mass is 482 g/mol. The number of carbonyl (C=O) groups excluding carboxylic acids is 4. The van der Waals surface area contributed by atoms with E-state index in [0.717, 1.165) is 6.08 Å². The Morgan fingerprint density at radius 3 is 2.23 bits per heavy atom. The number of carbonyl (C=O) groups is 4. The van der Waals surface area contributed by atoms with Gasteiger partial charge in [-0.25, -0.2) is 4.79 Å². The second kappa shape index (κ2) is 8.61. The molecule has 8 nitrogen and oxygen atoms in total. The lowest BCUT2D eigenvalue weighted by atomic mass is 9.40. The van der Waals surface area contributed by atoms with Crippen LogP contribution in [0.5, 0.6) is 0 Å². The molecule has 186 valence electrons. The number of cyclic esters (lactones) is 1. The fourth-order valence-corrected chi connectivity index (χ4v) is 5.84. The molecule has 0 aromatic rings. The van der Waals surface area contributed by atoms with Crippen molar-refractivity contribution < 1.29 is 39.2 Å². The van der Waals surface area contributed by atoms with Crippen LogP contribution in [0.4, 0.5) is 0 Å². The van der Waals surface area contributed by atoms with Crippen LogP contribution in [0.15, 0.2) is 71.8 Å². The number of esters is 1. The first-order valence-electron chi connectivity index (χ1n) is 11.2. The molecule has 0 radical (unpaired) electrons. The largest absolute Gasteiger partial charge is 0.508 e. The van der Waals surface area contributed by atoms with Crippen LogP contribution in [0, 0.1) is 23.2 Å². The third kappa shape index (κ3) is 3.46. The Balaban J connectivity index is 2.43. The molecular weight excluding hydrogens is 452 g/mol. The first-order chi connectivity index (χ1) is 16.2. The highest BCUT2D eigenvalue weighted by Crippen LogP contribution is 2.64. The lowest BCUT2D eigenvalue weighted by Gasteiger charge is -2.60. The smallest absolute Gasteiger partial charge is 0.338 e. The molecule has 3 aliphatic carbocycles. The summed E-state index contributed by atoms with van der Waals surface area (Å²) < 4.78 is 5.56. The highest BCUT2D eigenvalue weighted by Gasteiger charge is 2.77. The number of hydrogen-bond donors (Lipinski definition) is 3. The molecule has 4 aliphatic rings. The molecule has 0 spiro atoms. The molecule has 8 heteroatoms. The maximum Gasteiger partial charge on any atom is 0.338 e. The molecule has 3 unspecified atom stereocenters. The summed E-state index contributed by atoms with van der Waals surface area (Å²) in [6.45, 7) is 10.4. The van der Waals surface area contributed by atoms with Gasteiger partial charge in [0.05, 0.1) is 5.57 Å². The Morgan fingerprint density at radius 1 is 1.09 bits per heavy atom. The van der Waals surface area contributed by atoms with Gasteiger partial charge in [-0.05, 0) is 46.8 Å². The highest BCUT2D eigenvalue weighted by molar-refractivity contribution is 6.24. The van der Waals surface area contributed by atoms with E-state index in [-0.39, 0.29) is 11.1 Å². The van der Waals surface area contributed by atoms with Crippen molar-refractivity contribution in [3.63, 3.8) is 0 Å². The van der Waals surface area contributed by atoms with Crippen LogP contribution in [0.3, 0.4) is 0 Å². The van der Waals surface area contributed by atoms with E-state index in [9.17, 15) is 34.5 Å². The van der Waals surface area contributed by atoms with Crippen molar-refractivity contribution in [3.8, 4) is 0 Å². The van der Waals surface area contributed by atoms with Gasteiger partial charge in [0.25, 0.3) is 0 Å². The SMILES string of the molecule is C=C/C=C/C(=O)C1C([C@]2(C)OC(=O)C(C)=C2O)C2\C(=C(O)/C=C/C=C/C)C(=O)[C@]1(C)C(=O)[C@@]2(C)O. The van der Waals surface area contributed by atoms with Crippen molar-refractivity contribution >= 4 is 23.3 Å². The van der Waals surface area contributed by atoms with Gasteiger partial charge in [0, 0.05) is 23.3 Å². The van der Waals surface area contributed by atoms with Gasteiger partial charge in [-0.15, -0.1) is 0 Å². The molecule has 1 heterocycles. The fraction of sp³-hybridized carbons (Fsp3) is 0.407. The summed E-state index contributed by atoms with van der Waals surface area (Å²) in [4.78, 5) is 53.2. The van der Waals surface area contributed by atoms with Crippen molar-refractivity contribution in [2.24, 2.45) is 23.2 Å². The predicted molar refractivity (Wildman–Crippen MR) is 127 cm³/mol. The fourth-order valence-electron chi connectivity index (χ4n) is 5.84. The number of rotatable bonds is 6. The van der Waals surface area contributed by atoms with Crippen molar-refractivity contribution in [1.29, 1.82) is 0 Å². The number of aliphatic hydroxyl groups is 3. The maximum absolute atomic E-state index is 13.8. The summed E-state index contributed by atoms with van der Waals surface area (Å²) in [6, 6.07) is 0. The van der Waals surface area contributed by atoms with Crippen LogP contribution in [-0.4, -0.2) is 49.8 Å². The van der Waals surface area contributed by atoms with Crippen molar-refractivity contribution in [3.05, 3.63) is 71.8 Å². The van der Waals surface area contributed by atoms with Crippen molar-refractivity contribution in [1.82, 2.24) is 0 Å². The van der Waals surface area contributed by atoms with Gasteiger partial charge in [0.15, 0.2) is 23.0 Å². The lowest BCUT2D eigenvalue weighted by Crippen LogP contribution is -2.75. The van der Waals surface area contributed by atoms with E-state index in [2.05, 4.69) is 6.58 Å². The normalized spacial score (nSPS) is 38.8. The molecule has 6 atom stereocenters. The first kappa shape index (κ1) is 26.1. The number of Topliss-reactive ketones (excluding diaryl/α,β-unsaturated/α-hetero) is 2. The first-order valence-corrected chi connectivity index (χ1v) is 11.2. The van der Waals surface area contributed by atoms with Gasteiger partial charge in [-0.3, -0.25) is 14.4 Å². The second-order valence-corrected chi connectivity index (χ2v) is 9.64. The number of ether oxygens (including phenoxy) is 1. The molecule has 2 bridgehead atoms. The summed E-state index contributed by atoms with van der Waals surface area (Å²) in [6.07, 6.45) is 9.85. The molecule has 3 fully saturated rings. The minimum Gasteiger partial charge on any atom is -0.508 e. The number of ketones is 3. The maximum atomic E-state index is 13.8. The van der Waals surface area contributed by atoms with E-state index in [4.69, 9.17) is 4.74 Å². The third-order valence-corrected chi connectivity index (χ3v) is 7.51. The number of aliphatic hydroxyl groups excluding tert-OH is 2. The van der Waals surface area contributed by atoms with Crippen LogP contribution in [-0.2, 0) is 23.9 Å². The van der Waals surface area contributed by atoms with E-state index < -0.39 is 69.2 Å². The van der Waals surface area contributed by atoms with Gasteiger partial charge in [-0.2, -0.15) is 0 Å². The minimum atomic E-state index is -2.23. The Bertz CT molecular complexity index is 1180. The highest BCUT2D eigenvalue weighted by atomic mass is 16.6. The summed E-state index contributed by atoms with van der Waals surface area (Å²) in [5.41, 5.74) is -6.56. The number of fused-ring (bicyclic) bond motifs is 3. The Kier molecular flexibility index (Phi) is 6.42. The van der Waals surface area contributed by atoms with Crippen LogP contribution in [0.25, 0.3) is 0 Å². The lowest BCUT2D eigenvalue weighted by molar-refractivity contribution is -0.203. The standard InChI is InChI=1S/C27H30O8/c1-7-9-11-13-15(28)17-19-20(27(6)21(30)14(3)23(32)35-27)18(16(29)12-10-8-2)25(4,22(17)31)24(33)26(19,5)34/h7-13,18-20,28,30,34H,2H2,1,3-6H3/b9-7+,12-10+,13-11+,17-15-/t18?,19?,20?,25-,26+,27+/m1/s1. The summed E-state index contributed by atoms with van der Waals surface area (Å²) >= 11 is 0. The molecule has 3 saturated carbocycles. The molecule has 0 aromatic carbocycles. The molecule has 0 amide bonds. The molecule has 0 saturated heterocycles. The Hall–Kier alpha value is -3.52. The third-order valence-electron chi connectivity index (χ3n) is 7.51. The van der Waals surface area contributed by atoms with Gasteiger partial charge >= 0.3 is 5.97 Å². The van der Waals surface area contributed by atoms with Crippen molar-refractivity contribution in [2.45, 2.75) is 45.8 Å². The summed E-state index contributed by atoms with van der Waals surface area (Å²) in [7, 11) is 0. The van der Waals surface area contributed by atoms with E-state index in [0.29, 0.717) is 0 Å². The van der Waals surface area contributed by atoms with Gasteiger partial charge < -0.3 is 20.1 Å². The molecule has 3 N–H and O–H groups in total. The summed E-state index contributed by atoms with van der Waals surface area (Å²) in [5, 5.41) is 33.4. The average molecular weight is 483 g/mol. The molecule has 1 aliphatic heterocycles. The molecule has 0 aromatic heterocycles. The number of allylic oxidation sites excluding steroid dienone is 7. The van der Waals surface area contributed by atoms with Gasteiger partial charge in [-0.1, -0.05) is 37.0 Å². The zero-order valence-electron chi connectivity index (χ0n) is 20.4. The van der Waals surface area contributed by atoms with Crippen LogP contribution in [0.1, 0.15) is 34.6 Å². The zero-order chi connectivity index (χ0) is 26.5. The predicted octanol–water partition coefficient (Wildman–Crippen LogP) is 3.16. The van der Waals surface area contributed by atoms with Crippen LogP contribution in [0.2, 0.25) is 0 Å². The van der Waals surface area contributed by atoms with Crippen LogP contribution >= 0.6 is 0 Å². The number of hydrogen-bond acceptors (Lipinski definition) is 8. The average Bonchev–Trinajstić information content (AvgIpc) is 2.99. The van der Waals surface area contributed by atoms with E-state index in [1.165, 1.54) is 52.0 Å². The second-order valence-electron chi connectivity index (χ2n) is 9.64. The van der Waals surface area contributed by atoms with E-state index >= 15 is 0 Å². The Labute approximate surface area is 203 Å². The van der Waals surface area contributed by atoms with E-state index in [1.807, 2.05) is 0 Å². The van der Waals surface area contributed by atoms with Gasteiger partial charge in [0.2, 0.25) is 0 Å². The molecule has 35 heavy (non-hydrogen) atoms. The zero-order valence-corrected chi connectivity index (χ0v) is 20.4. The molecular formula is C27H30O8. The van der Waals surface area contributed by atoms with Gasteiger partial charge in [0.1, 0.15) is 22.5 Å². The van der Waals surface area contributed by atoms with Crippen LogP contribution < -0.4 is 0 Å². The molecule has 4 rings (SSSR count). The summed E-state index contributed by atoms with van der Waals surface area (Å²) in [5.74, 6) is -8.28. The van der Waals surface area contributed by atoms with Crippen molar-refractivity contribution in [2.75, 3.05) is 0 Å². The quantitative estimate of drug-likeness (QED) is 0.173.